The van der Waals surface area contributed by atoms with Gasteiger partial charge >= 0.3 is 0 Å². The molecule has 0 spiro atoms. The second kappa shape index (κ2) is 5.46. The first-order valence-electron chi connectivity index (χ1n) is 6.26. The third kappa shape index (κ3) is 2.63. The summed E-state index contributed by atoms with van der Waals surface area (Å²) in [6.07, 6.45) is 3.37. The number of aliphatic hydroxyl groups excluding tert-OH is 1. The minimum Gasteiger partial charge on any atom is -0.395 e. The number of nitrogens with one attached hydrogen (secondary N) is 1. The van der Waals surface area contributed by atoms with Gasteiger partial charge in [0.25, 0.3) is 0 Å². The van der Waals surface area contributed by atoms with Crippen LogP contribution in [-0.4, -0.2) is 24.3 Å². The molecule has 0 radical (unpaired) electrons. The van der Waals surface area contributed by atoms with Gasteiger partial charge in [0.05, 0.1) is 6.61 Å². The molecule has 2 unspecified atom stereocenters. The molecule has 0 amide bonds. The number of rotatable bonds is 3. The summed E-state index contributed by atoms with van der Waals surface area (Å²) in [5.41, 5.74) is 2.84. The molecule has 1 aliphatic heterocycles. The van der Waals surface area contributed by atoms with E-state index in [2.05, 4.69) is 36.5 Å². The number of hydrogen-bond donors (Lipinski definition) is 2. The van der Waals surface area contributed by atoms with Gasteiger partial charge in [0, 0.05) is 12.6 Å². The molecule has 16 heavy (non-hydrogen) atoms. The predicted molar refractivity (Wildman–Crippen MR) is 66.7 cm³/mol. The topological polar surface area (TPSA) is 32.3 Å². The summed E-state index contributed by atoms with van der Waals surface area (Å²) < 4.78 is 0. The molecule has 2 rings (SSSR count). The van der Waals surface area contributed by atoms with Gasteiger partial charge in [0.15, 0.2) is 0 Å². The van der Waals surface area contributed by atoms with Crippen molar-refractivity contribution >= 4 is 0 Å². The van der Waals surface area contributed by atoms with Crippen LogP contribution in [0.5, 0.6) is 0 Å². The lowest BCUT2D eigenvalue weighted by Gasteiger charge is -2.29. The Hall–Kier alpha value is -0.860. The first kappa shape index (κ1) is 11.6. The van der Waals surface area contributed by atoms with Crippen molar-refractivity contribution in [2.45, 2.75) is 38.1 Å². The van der Waals surface area contributed by atoms with Gasteiger partial charge in [-0.1, -0.05) is 31.2 Å². The molecule has 88 valence electrons. The molecule has 0 bridgehead atoms. The summed E-state index contributed by atoms with van der Waals surface area (Å²) in [6, 6.07) is 9.28. The summed E-state index contributed by atoms with van der Waals surface area (Å²) in [6.45, 7) is 3.45. The number of piperidine rings is 1. The van der Waals surface area contributed by atoms with Crippen molar-refractivity contribution < 1.29 is 5.11 Å². The summed E-state index contributed by atoms with van der Waals surface area (Å²) in [5, 5.41) is 12.4. The van der Waals surface area contributed by atoms with Crippen LogP contribution in [-0.2, 0) is 6.42 Å². The smallest absolute Gasteiger partial charge is 0.0584 e. The highest BCUT2D eigenvalue weighted by Crippen LogP contribution is 2.25. The summed E-state index contributed by atoms with van der Waals surface area (Å²) in [5.74, 6) is 0.619. The minimum atomic E-state index is 0.265. The first-order chi connectivity index (χ1) is 7.83. The van der Waals surface area contributed by atoms with E-state index in [0.717, 1.165) is 19.4 Å². The van der Waals surface area contributed by atoms with Gasteiger partial charge in [-0.25, -0.2) is 0 Å². The van der Waals surface area contributed by atoms with Crippen molar-refractivity contribution in [2.24, 2.45) is 0 Å². The second-order valence-electron chi connectivity index (χ2n) is 4.66. The highest BCUT2D eigenvalue weighted by molar-refractivity contribution is 5.26. The van der Waals surface area contributed by atoms with E-state index in [1.165, 1.54) is 17.5 Å². The summed E-state index contributed by atoms with van der Waals surface area (Å²) >= 11 is 0. The second-order valence-corrected chi connectivity index (χ2v) is 4.66. The van der Waals surface area contributed by atoms with Gasteiger partial charge in [-0.2, -0.15) is 0 Å². The van der Waals surface area contributed by atoms with E-state index in [1.54, 1.807) is 0 Å². The Bertz CT molecular complexity index is 312. The number of aliphatic hydroxyl groups is 1. The van der Waals surface area contributed by atoms with Gasteiger partial charge in [-0.15, -0.1) is 0 Å². The lowest BCUT2D eigenvalue weighted by Crippen LogP contribution is -2.40. The molecule has 1 heterocycles. The van der Waals surface area contributed by atoms with Crippen LogP contribution in [0, 0.1) is 0 Å². The fraction of sp³-hybridized carbons (Fsp3) is 0.571. The zero-order valence-corrected chi connectivity index (χ0v) is 9.95. The molecule has 1 aromatic carbocycles. The van der Waals surface area contributed by atoms with Crippen molar-refractivity contribution in [2.75, 3.05) is 13.2 Å². The number of benzene rings is 1. The van der Waals surface area contributed by atoms with Crippen molar-refractivity contribution in [1.82, 2.24) is 5.32 Å². The fourth-order valence-corrected chi connectivity index (χ4v) is 2.38. The summed E-state index contributed by atoms with van der Waals surface area (Å²) in [4.78, 5) is 0. The Morgan fingerprint density at radius 3 is 2.50 bits per heavy atom. The van der Waals surface area contributed by atoms with Crippen LogP contribution in [0.2, 0.25) is 0 Å². The van der Waals surface area contributed by atoms with Crippen LogP contribution in [0.1, 0.15) is 36.8 Å². The Morgan fingerprint density at radius 2 is 2.00 bits per heavy atom. The molecule has 1 fully saturated rings. The normalized spacial score (nSPS) is 25.6. The van der Waals surface area contributed by atoms with Gasteiger partial charge in [-0.3, -0.25) is 0 Å². The van der Waals surface area contributed by atoms with Crippen molar-refractivity contribution in [3.8, 4) is 0 Å². The van der Waals surface area contributed by atoms with Crippen LogP contribution in [0.4, 0.5) is 0 Å². The number of aryl methyl sites for hydroxylation is 1. The molecule has 1 aliphatic rings. The Morgan fingerprint density at radius 1 is 1.25 bits per heavy atom. The zero-order valence-electron chi connectivity index (χ0n) is 9.95. The lowest BCUT2D eigenvalue weighted by molar-refractivity contribution is 0.213. The Kier molecular flexibility index (Phi) is 3.97. The minimum absolute atomic E-state index is 0.265. The molecular formula is C14H21NO. The van der Waals surface area contributed by atoms with E-state index in [4.69, 9.17) is 5.11 Å². The zero-order chi connectivity index (χ0) is 11.4. The molecule has 0 saturated carbocycles. The van der Waals surface area contributed by atoms with Crippen LogP contribution in [0.3, 0.4) is 0 Å². The number of hydrogen-bond acceptors (Lipinski definition) is 2. The monoisotopic (exact) mass is 219 g/mol. The van der Waals surface area contributed by atoms with E-state index >= 15 is 0 Å². The molecule has 2 heteroatoms. The summed E-state index contributed by atoms with van der Waals surface area (Å²) in [7, 11) is 0. The first-order valence-corrected chi connectivity index (χ1v) is 6.26. The maximum Gasteiger partial charge on any atom is 0.0584 e. The molecule has 2 N–H and O–H groups in total. The third-order valence-electron chi connectivity index (χ3n) is 3.60. The Balaban J connectivity index is 1.97. The lowest BCUT2D eigenvalue weighted by atomic mass is 9.88. The van der Waals surface area contributed by atoms with Crippen molar-refractivity contribution in [3.05, 3.63) is 35.4 Å². The van der Waals surface area contributed by atoms with Crippen LogP contribution < -0.4 is 5.32 Å². The Labute approximate surface area is 97.7 Å². The molecule has 0 aliphatic carbocycles. The third-order valence-corrected chi connectivity index (χ3v) is 3.60. The van der Waals surface area contributed by atoms with E-state index in [9.17, 15) is 0 Å². The van der Waals surface area contributed by atoms with E-state index in [1.807, 2.05) is 0 Å². The van der Waals surface area contributed by atoms with E-state index in [-0.39, 0.29) is 6.61 Å². The predicted octanol–water partition coefficient (Wildman–Crippen LogP) is 2.08. The van der Waals surface area contributed by atoms with Crippen LogP contribution >= 0.6 is 0 Å². The maximum atomic E-state index is 9.05. The van der Waals surface area contributed by atoms with Crippen molar-refractivity contribution in [3.63, 3.8) is 0 Å². The fourth-order valence-electron chi connectivity index (χ4n) is 2.38. The van der Waals surface area contributed by atoms with E-state index in [0.29, 0.717) is 12.0 Å². The van der Waals surface area contributed by atoms with Gasteiger partial charge in [0.2, 0.25) is 0 Å². The molecule has 0 aromatic heterocycles. The average molecular weight is 219 g/mol. The molecule has 1 saturated heterocycles. The largest absolute Gasteiger partial charge is 0.395 e. The molecular weight excluding hydrogens is 198 g/mol. The standard InChI is InChI=1S/C14H21NO/c1-2-11-3-5-12(6-4-11)13-7-8-14(10-16)15-9-13/h3-6,13-16H,2,7-10H2,1H3. The quantitative estimate of drug-likeness (QED) is 0.815. The highest BCUT2D eigenvalue weighted by Gasteiger charge is 2.20. The van der Waals surface area contributed by atoms with E-state index < -0.39 is 0 Å². The van der Waals surface area contributed by atoms with Gasteiger partial charge < -0.3 is 10.4 Å². The van der Waals surface area contributed by atoms with Gasteiger partial charge in [0.1, 0.15) is 0 Å². The average Bonchev–Trinajstić information content (AvgIpc) is 2.39. The highest BCUT2D eigenvalue weighted by atomic mass is 16.3. The molecule has 2 atom stereocenters. The van der Waals surface area contributed by atoms with Crippen LogP contribution in [0.15, 0.2) is 24.3 Å². The van der Waals surface area contributed by atoms with Crippen molar-refractivity contribution in [1.29, 1.82) is 0 Å². The SMILES string of the molecule is CCc1ccc(C2CCC(CO)NC2)cc1. The molecule has 2 nitrogen and oxygen atoms in total. The maximum absolute atomic E-state index is 9.05. The van der Waals surface area contributed by atoms with Crippen LogP contribution in [0.25, 0.3) is 0 Å². The van der Waals surface area contributed by atoms with Gasteiger partial charge in [-0.05, 0) is 36.3 Å². The molecule has 1 aromatic rings.